The van der Waals surface area contributed by atoms with E-state index in [1.165, 1.54) is 0 Å². The maximum Gasteiger partial charge on any atom is 0.137 e. The summed E-state index contributed by atoms with van der Waals surface area (Å²) >= 11 is 8.55. The molecule has 9 heteroatoms. The fourth-order valence-corrected chi connectivity index (χ4v) is 2.74. The van der Waals surface area contributed by atoms with Crippen LogP contribution in [0, 0.1) is 0 Å². The van der Waals surface area contributed by atoms with Gasteiger partial charge in [0.2, 0.25) is 0 Å². The highest BCUT2D eigenvalue weighted by Gasteiger charge is 2.20. The minimum Gasteiger partial charge on any atom is -0.510 e. The summed E-state index contributed by atoms with van der Waals surface area (Å²) in [5.41, 5.74) is 2.16. The first-order chi connectivity index (χ1) is 12.4. The molecule has 0 radical (unpaired) electrons. The number of hydrogen-bond acceptors (Lipinski definition) is 9. The van der Waals surface area contributed by atoms with Crippen LogP contribution in [0.5, 0.6) is 5.75 Å². The topological polar surface area (TPSA) is 122 Å². The fraction of sp³-hybridized carbons (Fsp3) is 0.529. The summed E-state index contributed by atoms with van der Waals surface area (Å²) in [6.07, 6.45) is -3.25. The van der Waals surface area contributed by atoms with Gasteiger partial charge in [-0.25, -0.2) is 0 Å². The van der Waals surface area contributed by atoms with Crippen LogP contribution in [0.1, 0.15) is 11.1 Å². The van der Waals surface area contributed by atoms with Gasteiger partial charge < -0.3 is 35.6 Å². The Morgan fingerprint density at radius 2 is 1.85 bits per heavy atom. The number of benzene rings is 1. The molecule has 0 amide bonds. The summed E-state index contributed by atoms with van der Waals surface area (Å²) in [6, 6.07) is 5.70. The van der Waals surface area contributed by atoms with Crippen LogP contribution in [0.3, 0.4) is 0 Å². The van der Waals surface area contributed by atoms with E-state index < -0.39 is 30.7 Å². The van der Waals surface area contributed by atoms with Gasteiger partial charge in [-0.2, -0.15) is 25.3 Å². The van der Waals surface area contributed by atoms with Crippen molar-refractivity contribution in [2.24, 2.45) is 0 Å². The van der Waals surface area contributed by atoms with Gasteiger partial charge in [0.15, 0.2) is 0 Å². The van der Waals surface area contributed by atoms with E-state index in [9.17, 15) is 15.3 Å². The van der Waals surface area contributed by atoms with Crippen molar-refractivity contribution in [3.63, 3.8) is 0 Å². The van der Waals surface area contributed by atoms with Crippen molar-refractivity contribution in [2.75, 3.05) is 26.3 Å². The van der Waals surface area contributed by atoms with Crippen molar-refractivity contribution in [2.45, 2.75) is 29.8 Å². The summed E-state index contributed by atoms with van der Waals surface area (Å²) < 4.78 is 5.62. The molecular weight excluding hydrogens is 378 g/mol. The van der Waals surface area contributed by atoms with Crippen LogP contribution in [0.25, 0.3) is 0 Å². The molecule has 148 valence electrons. The zero-order valence-corrected chi connectivity index (χ0v) is 16.1. The lowest BCUT2D eigenvalue weighted by Crippen LogP contribution is -2.39. The van der Waals surface area contributed by atoms with Crippen LogP contribution in [0.15, 0.2) is 30.0 Å². The minimum absolute atomic E-state index is 0.0120. The highest BCUT2D eigenvalue weighted by atomic mass is 32.1. The Kier molecular flexibility index (Phi) is 11.1. The van der Waals surface area contributed by atoms with Gasteiger partial charge in [0, 0.05) is 24.6 Å². The summed E-state index contributed by atoms with van der Waals surface area (Å²) in [4.78, 5) is 0. The second kappa shape index (κ2) is 12.4. The van der Waals surface area contributed by atoms with E-state index in [2.05, 4.69) is 30.6 Å². The maximum atomic E-state index is 9.80. The largest absolute Gasteiger partial charge is 0.510 e. The molecule has 7 nitrogen and oxygen atoms in total. The van der Waals surface area contributed by atoms with Gasteiger partial charge >= 0.3 is 0 Å². The van der Waals surface area contributed by atoms with E-state index in [-0.39, 0.29) is 6.54 Å². The number of rotatable bonds is 12. The third-order valence-electron chi connectivity index (χ3n) is 3.64. The number of nitrogens with one attached hydrogen (secondary N) is 1. The molecule has 26 heavy (non-hydrogen) atoms. The quantitative estimate of drug-likeness (QED) is 0.140. The van der Waals surface area contributed by atoms with E-state index in [1.807, 2.05) is 18.2 Å². The Balaban J connectivity index is 2.35. The molecule has 0 fully saturated rings. The second-order valence-electron chi connectivity index (χ2n) is 5.65. The zero-order valence-electron chi connectivity index (χ0n) is 14.3. The third-order valence-corrected chi connectivity index (χ3v) is 4.32. The lowest BCUT2D eigenvalue weighted by molar-refractivity contribution is 0.0162. The first kappa shape index (κ1) is 23.1. The molecule has 0 heterocycles. The van der Waals surface area contributed by atoms with Gasteiger partial charge in [0.1, 0.15) is 24.2 Å². The van der Waals surface area contributed by atoms with E-state index >= 15 is 0 Å². The number of thiol groups is 2. The molecule has 0 aliphatic heterocycles. The van der Waals surface area contributed by atoms with Crippen LogP contribution >= 0.6 is 25.3 Å². The molecule has 0 bridgehead atoms. The molecule has 0 unspecified atom stereocenters. The summed E-state index contributed by atoms with van der Waals surface area (Å²) in [6.45, 7) is 0.183. The maximum absolute atomic E-state index is 9.80. The number of hydrogen-bond donors (Lipinski definition) is 8. The van der Waals surface area contributed by atoms with Crippen molar-refractivity contribution in [3.05, 3.63) is 41.2 Å². The Labute approximate surface area is 164 Å². The average molecular weight is 406 g/mol. The van der Waals surface area contributed by atoms with Gasteiger partial charge in [-0.3, -0.25) is 0 Å². The van der Waals surface area contributed by atoms with Gasteiger partial charge in [-0.15, -0.1) is 0 Å². The van der Waals surface area contributed by atoms with Crippen molar-refractivity contribution in [3.8, 4) is 5.75 Å². The third kappa shape index (κ3) is 7.75. The normalized spacial score (nSPS) is 15.5. The molecule has 0 aliphatic rings. The van der Waals surface area contributed by atoms with Crippen LogP contribution in [-0.4, -0.2) is 70.1 Å². The molecule has 0 saturated carbocycles. The number of ether oxygens (including phenoxy) is 1. The van der Waals surface area contributed by atoms with Gasteiger partial charge in [-0.05, 0) is 29.3 Å². The highest BCUT2D eigenvalue weighted by Crippen LogP contribution is 2.20. The first-order valence-corrected chi connectivity index (χ1v) is 9.42. The summed E-state index contributed by atoms with van der Waals surface area (Å²) in [7, 11) is 0. The first-order valence-electron chi connectivity index (χ1n) is 8.15. The molecule has 0 spiro atoms. The average Bonchev–Trinajstić information content (AvgIpc) is 2.66. The SMILES string of the molecule is OC[C@@H](O)C=C(O)[C@H](O)[C@@H](O)CNCCOc1ccc(CS)c(CS)c1. The summed E-state index contributed by atoms with van der Waals surface area (Å²) in [5, 5.41) is 49.8. The van der Waals surface area contributed by atoms with Gasteiger partial charge in [0.05, 0.1) is 18.8 Å². The predicted octanol–water partition coefficient (Wildman–Crippen LogP) is 0.0315. The van der Waals surface area contributed by atoms with Crippen LogP contribution in [0.2, 0.25) is 0 Å². The molecule has 1 aromatic rings. The van der Waals surface area contributed by atoms with Crippen molar-refractivity contribution in [1.29, 1.82) is 0 Å². The van der Waals surface area contributed by atoms with E-state index in [4.69, 9.17) is 14.9 Å². The van der Waals surface area contributed by atoms with E-state index in [1.54, 1.807) is 0 Å². The second-order valence-corrected chi connectivity index (χ2v) is 6.29. The number of aliphatic hydroxyl groups is 5. The van der Waals surface area contributed by atoms with Gasteiger partial charge in [0.25, 0.3) is 0 Å². The van der Waals surface area contributed by atoms with Crippen LogP contribution in [-0.2, 0) is 11.5 Å². The van der Waals surface area contributed by atoms with Crippen molar-refractivity contribution in [1.82, 2.24) is 5.32 Å². The predicted molar refractivity (Wildman–Crippen MR) is 106 cm³/mol. The van der Waals surface area contributed by atoms with E-state index in [0.717, 1.165) is 17.2 Å². The van der Waals surface area contributed by atoms with E-state index in [0.29, 0.717) is 30.4 Å². The molecule has 0 saturated heterocycles. The molecule has 1 rings (SSSR count). The Hall–Kier alpha value is -0.940. The number of aliphatic hydroxyl groups excluding tert-OH is 5. The fourth-order valence-electron chi connectivity index (χ4n) is 2.14. The zero-order chi connectivity index (χ0) is 19.5. The smallest absolute Gasteiger partial charge is 0.137 e. The summed E-state index contributed by atoms with van der Waals surface area (Å²) in [5.74, 6) is 1.34. The highest BCUT2D eigenvalue weighted by molar-refractivity contribution is 7.79. The van der Waals surface area contributed by atoms with Crippen molar-refractivity contribution >= 4 is 25.3 Å². The molecule has 0 aromatic heterocycles. The monoisotopic (exact) mass is 405 g/mol. The lowest BCUT2D eigenvalue weighted by Gasteiger charge is -2.18. The molecule has 6 N–H and O–H groups in total. The van der Waals surface area contributed by atoms with Gasteiger partial charge in [-0.1, -0.05) is 6.07 Å². The van der Waals surface area contributed by atoms with Crippen molar-refractivity contribution < 1.29 is 30.3 Å². The Bertz CT molecular complexity index is 572. The molecule has 1 aromatic carbocycles. The lowest BCUT2D eigenvalue weighted by atomic mass is 10.1. The Morgan fingerprint density at radius 1 is 1.15 bits per heavy atom. The standard InChI is InChI=1S/C17H27NO6S2/c19-8-13(20)6-15(21)17(23)16(22)7-18-3-4-24-14-2-1-11(9-25)12(5-14)10-26/h1-2,5-6,13,16-23,25-26H,3-4,7-10H2/t13-,16-,17-/m0/s1. The molecular formula is C17H27NO6S2. The minimum atomic E-state index is -1.56. The van der Waals surface area contributed by atoms with Crippen LogP contribution < -0.4 is 10.1 Å². The Morgan fingerprint density at radius 3 is 2.46 bits per heavy atom. The molecule has 0 aliphatic carbocycles. The molecule has 3 atom stereocenters. The van der Waals surface area contributed by atoms with Crippen LogP contribution in [0.4, 0.5) is 0 Å².